The van der Waals surface area contributed by atoms with Crippen molar-refractivity contribution in [1.29, 1.82) is 0 Å². The Kier molecular flexibility index (Phi) is 3.21. The smallest absolute Gasteiger partial charge is 0.281 e. The number of nitrogens with zero attached hydrogens (tertiary/aromatic N) is 6. The van der Waals surface area contributed by atoms with E-state index in [1.165, 1.54) is 22.3 Å². The summed E-state index contributed by atoms with van der Waals surface area (Å²) in [6.07, 6.45) is 3.29. The van der Waals surface area contributed by atoms with Crippen LogP contribution in [0.25, 0.3) is 5.69 Å². The van der Waals surface area contributed by atoms with Crippen molar-refractivity contribution in [2.45, 2.75) is 0 Å². The SMILES string of the molecule is Cn1ccsc1=NC(=O)c1ccccc1-n1cnnn1. The van der Waals surface area contributed by atoms with Gasteiger partial charge in [-0.3, -0.25) is 4.79 Å². The maximum absolute atomic E-state index is 12.3. The average molecular weight is 286 g/mol. The minimum Gasteiger partial charge on any atom is -0.327 e. The molecule has 0 unspecified atom stereocenters. The Morgan fingerprint density at radius 2 is 2.20 bits per heavy atom. The Hall–Kier alpha value is -2.61. The van der Waals surface area contributed by atoms with Crippen molar-refractivity contribution in [1.82, 2.24) is 24.8 Å². The lowest BCUT2D eigenvalue weighted by Gasteiger charge is -2.04. The summed E-state index contributed by atoms with van der Waals surface area (Å²) in [5, 5.41) is 12.8. The van der Waals surface area contributed by atoms with Gasteiger partial charge >= 0.3 is 0 Å². The number of carbonyl (C=O) groups excluding carboxylic acids is 1. The molecule has 0 fully saturated rings. The second-order valence-electron chi connectivity index (χ2n) is 3.98. The van der Waals surface area contributed by atoms with Crippen molar-refractivity contribution in [3.63, 3.8) is 0 Å². The minimum absolute atomic E-state index is 0.325. The van der Waals surface area contributed by atoms with E-state index in [1.54, 1.807) is 22.8 Å². The van der Waals surface area contributed by atoms with Crippen LogP contribution in [-0.4, -0.2) is 30.7 Å². The maximum Gasteiger partial charge on any atom is 0.281 e. The average Bonchev–Trinajstić information content (AvgIpc) is 3.11. The number of para-hydroxylation sites is 1. The Labute approximate surface area is 117 Å². The highest BCUT2D eigenvalue weighted by Crippen LogP contribution is 2.13. The molecule has 0 atom stereocenters. The lowest BCUT2D eigenvalue weighted by atomic mass is 10.1. The van der Waals surface area contributed by atoms with Crippen LogP contribution < -0.4 is 4.80 Å². The van der Waals surface area contributed by atoms with Crippen molar-refractivity contribution < 1.29 is 4.79 Å². The van der Waals surface area contributed by atoms with Gasteiger partial charge in [-0.25, -0.2) is 0 Å². The normalized spacial score (nSPS) is 11.8. The summed E-state index contributed by atoms with van der Waals surface area (Å²) in [5.74, 6) is -0.325. The lowest BCUT2D eigenvalue weighted by Crippen LogP contribution is -2.14. The topological polar surface area (TPSA) is 78.0 Å². The zero-order valence-corrected chi connectivity index (χ0v) is 11.4. The van der Waals surface area contributed by atoms with Crippen LogP contribution in [0.1, 0.15) is 10.4 Å². The molecular formula is C12H10N6OS. The van der Waals surface area contributed by atoms with Crippen molar-refractivity contribution in [3.05, 3.63) is 52.5 Å². The summed E-state index contributed by atoms with van der Waals surface area (Å²) in [7, 11) is 1.84. The van der Waals surface area contributed by atoms with Crippen molar-refractivity contribution >= 4 is 17.2 Å². The first kappa shape index (κ1) is 12.4. The number of aryl methyl sites for hydroxylation is 1. The monoisotopic (exact) mass is 286 g/mol. The van der Waals surface area contributed by atoms with E-state index in [9.17, 15) is 4.79 Å². The summed E-state index contributed by atoms with van der Waals surface area (Å²) in [6.45, 7) is 0. The Bertz CT molecular complexity index is 801. The highest BCUT2D eigenvalue weighted by molar-refractivity contribution is 7.07. The molecule has 0 radical (unpaired) electrons. The molecular weight excluding hydrogens is 276 g/mol. The van der Waals surface area contributed by atoms with E-state index < -0.39 is 0 Å². The number of thiazole rings is 1. The van der Waals surface area contributed by atoms with Gasteiger partial charge in [0.15, 0.2) is 4.80 Å². The summed E-state index contributed by atoms with van der Waals surface area (Å²) in [4.78, 5) is 17.1. The number of carbonyl (C=O) groups is 1. The molecule has 2 aromatic heterocycles. The molecule has 0 N–H and O–H groups in total. The standard InChI is InChI=1S/C12H10N6OS/c1-17-6-7-20-12(17)14-11(19)9-4-2-3-5-10(9)18-8-13-15-16-18/h2-8H,1H3. The molecule has 1 aromatic carbocycles. The first-order valence-electron chi connectivity index (χ1n) is 5.77. The largest absolute Gasteiger partial charge is 0.327 e. The summed E-state index contributed by atoms with van der Waals surface area (Å²) < 4.78 is 3.24. The van der Waals surface area contributed by atoms with Crippen LogP contribution in [0, 0.1) is 0 Å². The van der Waals surface area contributed by atoms with Crippen molar-refractivity contribution in [2.75, 3.05) is 0 Å². The second kappa shape index (κ2) is 5.17. The van der Waals surface area contributed by atoms with Crippen molar-refractivity contribution in [2.24, 2.45) is 12.0 Å². The van der Waals surface area contributed by atoms with Crippen LogP contribution in [0.4, 0.5) is 0 Å². The van der Waals surface area contributed by atoms with Gasteiger partial charge in [0.25, 0.3) is 5.91 Å². The minimum atomic E-state index is -0.325. The molecule has 20 heavy (non-hydrogen) atoms. The number of aromatic nitrogens is 5. The van der Waals surface area contributed by atoms with Crippen LogP contribution >= 0.6 is 11.3 Å². The molecule has 0 aliphatic rings. The van der Waals surface area contributed by atoms with Crippen LogP contribution in [0.3, 0.4) is 0 Å². The quantitative estimate of drug-likeness (QED) is 0.698. The van der Waals surface area contributed by atoms with Gasteiger partial charge in [0.1, 0.15) is 6.33 Å². The second-order valence-corrected chi connectivity index (χ2v) is 4.86. The van der Waals surface area contributed by atoms with E-state index in [0.717, 1.165) is 0 Å². The number of hydrogen-bond donors (Lipinski definition) is 0. The number of rotatable bonds is 2. The third kappa shape index (κ3) is 2.28. The van der Waals surface area contributed by atoms with E-state index in [4.69, 9.17) is 0 Å². The summed E-state index contributed by atoms with van der Waals surface area (Å²) in [5.41, 5.74) is 1.05. The number of amides is 1. The molecule has 0 saturated heterocycles. The van der Waals surface area contributed by atoms with Crippen molar-refractivity contribution in [3.8, 4) is 5.69 Å². The van der Waals surface area contributed by atoms with Gasteiger partial charge in [0, 0.05) is 18.6 Å². The predicted molar refractivity (Wildman–Crippen MR) is 72.3 cm³/mol. The van der Waals surface area contributed by atoms with Crippen LogP contribution in [-0.2, 0) is 7.05 Å². The number of benzene rings is 1. The van der Waals surface area contributed by atoms with Gasteiger partial charge < -0.3 is 4.57 Å². The van der Waals surface area contributed by atoms with Gasteiger partial charge in [-0.05, 0) is 22.6 Å². The predicted octanol–water partition coefficient (Wildman–Crippen LogP) is 0.803. The fraction of sp³-hybridized carbons (Fsp3) is 0.0833. The van der Waals surface area contributed by atoms with E-state index in [2.05, 4.69) is 20.5 Å². The maximum atomic E-state index is 12.3. The highest BCUT2D eigenvalue weighted by Gasteiger charge is 2.12. The van der Waals surface area contributed by atoms with Crippen LogP contribution in [0.5, 0.6) is 0 Å². The van der Waals surface area contributed by atoms with Gasteiger partial charge in [0.05, 0.1) is 11.3 Å². The number of tetrazole rings is 1. The molecule has 1 amide bonds. The van der Waals surface area contributed by atoms with E-state index in [-0.39, 0.29) is 5.91 Å². The molecule has 0 aliphatic heterocycles. The molecule has 0 bridgehead atoms. The Balaban J connectivity index is 2.08. The first-order valence-corrected chi connectivity index (χ1v) is 6.65. The summed E-state index contributed by atoms with van der Waals surface area (Å²) >= 11 is 1.40. The highest BCUT2D eigenvalue weighted by atomic mass is 32.1. The van der Waals surface area contributed by atoms with Gasteiger partial charge in [-0.15, -0.1) is 16.4 Å². The van der Waals surface area contributed by atoms with E-state index in [1.807, 2.05) is 24.7 Å². The molecule has 0 saturated carbocycles. The third-order valence-corrected chi connectivity index (χ3v) is 3.54. The van der Waals surface area contributed by atoms with Gasteiger partial charge in [0.2, 0.25) is 0 Å². The zero-order valence-electron chi connectivity index (χ0n) is 10.5. The molecule has 100 valence electrons. The zero-order chi connectivity index (χ0) is 13.9. The summed E-state index contributed by atoms with van der Waals surface area (Å²) in [6, 6.07) is 7.08. The molecule has 3 aromatic rings. The number of hydrogen-bond acceptors (Lipinski definition) is 5. The molecule has 0 spiro atoms. The molecule has 2 heterocycles. The molecule has 7 nitrogen and oxygen atoms in total. The lowest BCUT2D eigenvalue weighted by molar-refractivity contribution is 0.0997. The van der Waals surface area contributed by atoms with Crippen LogP contribution in [0.2, 0.25) is 0 Å². The fourth-order valence-electron chi connectivity index (χ4n) is 1.71. The fourth-order valence-corrected chi connectivity index (χ4v) is 2.44. The van der Waals surface area contributed by atoms with Crippen LogP contribution in [0.15, 0.2) is 47.2 Å². The molecule has 0 aliphatic carbocycles. The van der Waals surface area contributed by atoms with Gasteiger partial charge in [-0.2, -0.15) is 9.67 Å². The molecule has 8 heteroatoms. The van der Waals surface area contributed by atoms with Gasteiger partial charge in [-0.1, -0.05) is 12.1 Å². The Morgan fingerprint density at radius 3 is 2.90 bits per heavy atom. The van der Waals surface area contributed by atoms with E-state index >= 15 is 0 Å². The van der Waals surface area contributed by atoms with E-state index in [0.29, 0.717) is 16.1 Å². The molecule has 3 rings (SSSR count). The third-order valence-electron chi connectivity index (χ3n) is 2.69. The first-order chi connectivity index (χ1) is 9.75. The Morgan fingerprint density at radius 1 is 1.35 bits per heavy atom.